The quantitative estimate of drug-likeness (QED) is 0.703. The third-order valence-electron chi connectivity index (χ3n) is 3.24. The maximum atomic E-state index is 5.21. The first-order chi connectivity index (χ1) is 8.93. The summed E-state index contributed by atoms with van der Waals surface area (Å²) in [6, 6.07) is 17.0. The molecule has 0 amide bonds. The average molecular weight is 256 g/mol. The molecule has 0 spiro atoms. The second-order valence-electron chi connectivity index (χ2n) is 4.47. The molecule has 2 aromatic rings. The highest BCUT2D eigenvalue weighted by atomic mass is 32.2. The van der Waals surface area contributed by atoms with Crippen LogP contribution in [0.15, 0.2) is 53.4 Å². The molecular formula is C16H16OS. The summed E-state index contributed by atoms with van der Waals surface area (Å²) in [6.45, 7) is 1.60. The van der Waals surface area contributed by atoms with Crippen molar-refractivity contribution in [1.82, 2.24) is 0 Å². The van der Waals surface area contributed by atoms with Gasteiger partial charge in [0.2, 0.25) is 0 Å². The molecule has 2 aromatic carbocycles. The second kappa shape index (κ2) is 5.59. The van der Waals surface area contributed by atoms with E-state index in [0.29, 0.717) is 0 Å². The maximum Gasteiger partial charge on any atom is 0.0724 e. The van der Waals surface area contributed by atoms with Gasteiger partial charge in [-0.05, 0) is 29.2 Å². The zero-order valence-electron chi connectivity index (χ0n) is 10.3. The molecule has 2 aliphatic rings. The molecule has 18 heavy (non-hydrogen) atoms. The van der Waals surface area contributed by atoms with Crippen LogP contribution in [0, 0.1) is 0 Å². The van der Waals surface area contributed by atoms with Crippen molar-refractivity contribution in [1.29, 1.82) is 0 Å². The molecule has 0 aliphatic carbocycles. The fraction of sp³-hybridized carbons (Fsp3) is 0.250. The van der Waals surface area contributed by atoms with Crippen LogP contribution in [0.5, 0.6) is 0 Å². The van der Waals surface area contributed by atoms with E-state index in [1.54, 1.807) is 0 Å². The van der Waals surface area contributed by atoms with Crippen LogP contribution in [0.2, 0.25) is 0 Å². The Morgan fingerprint density at radius 1 is 0.778 bits per heavy atom. The Labute approximate surface area is 112 Å². The number of aryl methyl sites for hydroxylation is 1. The van der Waals surface area contributed by atoms with E-state index in [1.165, 1.54) is 33.8 Å². The Kier molecular flexibility index (Phi) is 3.67. The number of hydrogen-bond donors (Lipinski definition) is 0. The summed E-state index contributed by atoms with van der Waals surface area (Å²) < 4.78 is 5.21. The van der Waals surface area contributed by atoms with Crippen molar-refractivity contribution in [2.45, 2.75) is 24.5 Å². The van der Waals surface area contributed by atoms with Crippen LogP contribution in [0.25, 0.3) is 0 Å². The zero-order chi connectivity index (χ0) is 12.2. The summed E-state index contributed by atoms with van der Waals surface area (Å²) in [4.78, 5) is 1.48. The molecule has 92 valence electrons. The minimum absolute atomic E-state index is 0.802. The van der Waals surface area contributed by atoms with Gasteiger partial charge in [-0.15, -0.1) is 11.8 Å². The predicted molar refractivity (Wildman–Crippen MR) is 75.8 cm³/mol. The normalized spacial score (nSPS) is 15.6. The van der Waals surface area contributed by atoms with Crippen molar-refractivity contribution < 1.29 is 4.74 Å². The second-order valence-corrected chi connectivity index (χ2v) is 5.60. The molecule has 2 heteroatoms. The Morgan fingerprint density at radius 2 is 1.39 bits per heavy atom. The van der Waals surface area contributed by atoms with Gasteiger partial charge in [0.1, 0.15) is 0 Å². The number of fused-ring (bicyclic) bond motifs is 2. The maximum absolute atomic E-state index is 5.21. The molecule has 4 rings (SSSR count). The van der Waals surface area contributed by atoms with Crippen LogP contribution < -0.4 is 0 Å². The van der Waals surface area contributed by atoms with Crippen molar-refractivity contribution >= 4 is 11.8 Å². The first-order valence-electron chi connectivity index (χ1n) is 6.29. The van der Waals surface area contributed by atoms with Gasteiger partial charge in [-0.25, -0.2) is 0 Å². The van der Waals surface area contributed by atoms with Crippen LogP contribution in [-0.2, 0) is 24.4 Å². The number of rotatable bonds is 0. The van der Waals surface area contributed by atoms with E-state index in [4.69, 9.17) is 4.74 Å². The smallest absolute Gasteiger partial charge is 0.0724 e. The topological polar surface area (TPSA) is 9.23 Å². The fourth-order valence-electron chi connectivity index (χ4n) is 2.23. The lowest BCUT2D eigenvalue weighted by Gasteiger charge is -1.92. The van der Waals surface area contributed by atoms with Gasteiger partial charge in [-0.2, -0.15) is 0 Å². The molecule has 0 fully saturated rings. The Balaban J connectivity index is 0.000000111. The van der Waals surface area contributed by atoms with Gasteiger partial charge in [-0.3, -0.25) is 0 Å². The lowest BCUT2D eigenvalue weighted by Crippen LogP contribution is -1.77. The van der Waals surface area contributed by atoms with Crippen molar-refractivity contribution in [3.8, 4) is 0 Å². The highest BCUT2D eigenvalue weighted by Crippen LogP contribution is 2.30. The molecule has 0 atom stereocenters. The van der Waals surface area contributed by atoms with Gasteiger partial charge < -0.3 is 4.74 Å². The third-order valence-corrected chi connectivity index (χ3v) is 4.35. The summed E-state index contributed by atoms with van der Waals surface area (Å²) in [7, 11) is 0. The highest BCUT2D eigenvalue weighted by Gasteiger charge is 2.08. The first-order valence-corrected chi connectivity index (χ1v) is 7.27. The largest absolute Gasteiger partial charge is 0.372 e. The summed E-state index contributed by atoms with van der Waals surface area (Å²) in [5.41, 5.74) is 4.22. The molecule has 2 heterocycles. The molecule has 0 bridgehead atoms. The summed E-state index contributed by atoms with van der Waals surface area (Å²) in [5, 5.41) is 0. The van der Waals surface area contributed by atoms with Crippen molar-refractivity contribution in [3.05, 3.63) is 65.2 Å². The lowest BCUT2D eigenvalue weighted by molar-refractivity contribution is 0.134. The standard InChI is InChI=1S/C8H8O.C8H8S/c1-2-4-8-6-9-5-7(8)3-1;1-2-4-8-7(3-1)5-6-9-8/h2*1-4H,5-6H2. The minimum Gasteiger partial charge on any atom is -0.372 e. The van der Waals surface area contributed by atoms with Crippen LogP contribution in [0.3, 0.4) is 0 Å². The minimum atomic E-state index is 0.802. The molecule has 0 saturated heterocycles. The summed E-state index contributed by atoms with van der Waals surface area (Å²) in [6.07, 6.45) is 1.26. The molecule has 0 N–H and O–H groups in total. The summed E-state index contributed by atoms with van der Waals surface area (Å²) in [5.74, 6) is 1.28. The SMILES string of the molecule is c1ccc2c(c1)CCS2.c1ccc2c(c1)COC2. The highest BCUT2D eigenvalue weighted by molar-refractivity contribution is 7.99. The molecule has 1 nitrogen and oxygen atoms in total. The molecule has 0 aromatic heterocycles. The van der Waals surface area contributed by atoms with Crippen LogP contribution in [0.4, 0.5) is 0 Å². The van der Waals surface area contributed by atoms with Gasteiger partial charge in [0.05, 0.1) is 13.2 Å². The number of thioether (sulfide) groups is 1. The van der Waals surface area contributed by atoms with Gasteiger partial charge >= 0.3 is 0 Å². The molecular weight excluding hydrogens is 240 g/mol. The molecule has 0 unspecified atom stereocenters. The monoisotopic (exact) mass is 256 g/mol. The Morgan fingerprint density at radius 3 is 2.06 bits per heavy atom. The average Bonchev–Trinajstić information content (AvgIpc) is 3.08. The fourth-order valence-corrected chi connectivity index (χ4v) is 3.30. The Hall–Kier alpha value is -1.25. The van der Waals surface area contributed by atoms with E-state index in [0.717, 1.165) is 13.2 Å². The van der Waals surface area contributed by atoms with Gasteiger partial charge in [0.25, 0.3) is 0 Å². The van der Waals surface area contributed by atoms with E-state index in [-0.39, 0.29) is 0 Å². The van der Waals surface area contributed by atoms with E-state index in [2.05, 4.69) is 36.4 Å². The van der Waals surface area contributed by atoms with Crippen LogP contribution >= 0.6 is 11.8 Å². The zero-order valence-corrected chi connectivity index (χ0v) is 11.1. The van der Waals surface area contributed by atoms with Crippen molar-refractivity contribution in [2.75, 3.05) is 5.75 Å². The van der Waals surface area contributed by atoms with E-state index < -0.39 is 0 Å². The number of ether oxygens (including phenoxy) is 1. The predicted octanol–water partition coefficient (Wildman–Crippen LogP) is 4.05. The molecule has 2 aliphatic heterocycles. The lowest BCUT2D eigenvalue weighted by atomic mass is 10.1. The van der Waals surface area contributed by atoms with Crippen LogP contribution in [-0.4, -0.2) is 5.75 Å². The molecule has 0 radical (unpaired) electrons. The Bertz CT molecular complexity index is 441. The summed E-state index contributed by atoms with van der Waals surface area (Å²) >= 11 is 1.97. The van der Waals surface area contributed by atoms with Crippen molar-refractivity contribution in [3.63, 3.8) is 0 Å². The van der Waals surface area contributed by atoms with E-state index in [9.17, 15) is 0 Å². The first kappa shape index (κ1) is 11.8. The van der Waals surface area contributed by atoms with Gasteiger partial charge in [-0.1, -0.05) is 42.5 Å². The number of benzene rings is 2. The van der Waals surface area contributed by atoms with Gasteiger partial charge in [0.15, 0.2) is 0 Å². The van der Waals surface area contributed by atoms with E-state index in [1.807, 2.05) is 23.9 Å². The van der Waals surface area contributed by atoms with Gasteiger partial charge in [0, 0.05) is 10.6 Å². The number of hydrogen-bond acceptors (Lipinski definition) is 2. The molecule has 0 saturated carbocycles. The van der Waals surface area contributed by atoms with E-state index >= 15 is 0 Å². The van der Waals surface area contributed by atoms with Crippen LogP contribution in [0.1, 0.15) is 16.7 Å². The van der Waals surface area contributed by atoms with Crippen molar-refractivity contribution in [2.24, 2.45) is 0 Å². The third kappa shape index (κ3) is 2.60.